The van der Waals surface area contributed by atoms with Gasteiger partial charge in [-0.3, -0.25) is 9.59 Å². The highest BCUT2D eigenvalue weighted by Gasteiger charge is 2.44. The lowest BCUT2D eigenvalue weighted by Gasteiger charge is -2.10. The van der Waals surface area contributed by atoms with Gasteiger partial charge in [-0.15, -0.1) is 0 Å². The monoisotopic (exact) mass is 460 g/mol. The van der Waals surface area contributed by atoms with Crippen molar-refractivity contribution in [1.29, 1.82) is 0 Å². The molecule has 0 aliphatic carbocycles. The highest BCUT2D eigenvalue weighted by Crippen LogP contribution is 2.30. The third-order valence-corrected chi connectivity index (χ3v) is 5.46. The number of carbonyl (C=O) groups is 2. The van der Waals surface area contributed by atoms with Gasteiger partial charge in [0, 0.05) is 35.9 Å². The van der Waals surface area contributed by atoms with E-state index in [4.69, 9.17) is 9.47 Å². The van der Waals surface area contributed by atoms with E-state index in [0.717, 1.165) is 28.6 Å². The van der Waals surface area contributed by atoms with Crippen LogP contribution < -0.4 is 5.32 Å². The van der Waals surface area contributed by atoms with E-state index in [-0.39, 0.29) is 18.3 Å². The fourth-order valence-electron chi connectivity index (χ4n) is 3.73. The van der Waals surface area contributed by atoms with Crippen LogP contribution >= 0.6 is 0 Å². The number of nitrogens with one attached hydrogen (secondary N) is 2. The standard InChI is InChI=1S/C26H28N4O4/c1-5-33-26(32)22-23(31)21(12-18-14-29-24-19(18)7-6-10-27-24)34-25(22)30-20-9-8-17(11-16(20)4)13-28-15(2)3/h6-12,14-15,22,28H,5,13H2,1-4H3,(H,27,29)/b21-12-,30-25?. The number of hydrogen-bond donors (Lipinski definition) is 2. The molecule has 1 unspecified atom stereocenters. The number of esters is 1. The summed E-state index contributed by atoms with van der Waals surface area (Å²) < 4.78 is 11.0. The Bertz CT molecular complexity index is 1290. The van der Waals surface area contributed by atoms with E-state index < -0.39 is 17.7 Å². The van der Waals surface area contributed by atoms with Crippen molar-refractivity contribution in [3.8, 4) is 0 Å². The fourth-order valence-corrected chi connectivity index (χ4v) is 3.73. The molecule has 0 radical (unpaired) electrons. The number of allylic oxidation sites excluding steroid dienone is 1. The maximum atomic E-state index is 13.2. The van der Waals surface area contributed by atoms with Crippen molar-refractivity contribution in [1.82, 2.24) is 15.3 Å². The Morgan fingerprint density at radius 1 is 1.35 bits per heavy atom. The summed E-state index contributed by atoms with van der Waals surface area (Å²) in [5, 5.41) is 4.22. The van der Waals surface area contributed by atoms with Crippen molar-refractivity contribution in [3.63, 3.8) is 0 Å². The summed E-state index contributed by atoms with van der Waals surface area (Å²) >= 11 is 0. The predicted octanol–water partition coefficient (Wildman–Crippen LogP) is 4.22. The topological polar surface area (TPSA) is 106 Å². The van der Waals surface area contributed by atoms with Crippen LogP contribution in [0.5, 0.6) is 0 Å². The fraction of sp³-hybridized carbons (Fsp3) is 0.308. The van der Waals surface area contributed by atoms with E-state index in [1.165, 1.54) is 0 Å². The number of nitrogens with zero attached hydrogens (tertiary/aromatic N) is 2. The molecule has 0 spiro atoms. The first kappa shape index (κ1) is 23.4. The summed E-state index contributed by atoms with van der Waals surface area (Å²) in [5.74, 6) is -2.34. The van der Waals surface area contributed by atoms with Crippen molar-refractivity contribution in [2.75, 3.05) is 6.61 Å². The normalized spacial score (nSPS) is 18.3. The second-order valence-corrected chi connectivity index (χ2v) is 8.41. The molecule has 1 fully saturated rings. The van der Waals surface area contributed by atoms with Crippen LogP contribution in [0.4, 0.5) is 5.69 Å². The summed E-state index contributed by atoms with van der Waals surface area (Å²) in [7, 11) is 0. The van der Waals surface area contributed by atoms with Crippen LogP contribution in [0.2, 0.25) is 0 Å². The molecule has 4 rings (SSSR count). The molecule has 0 bridgehead atoms. The number of ether oxygens (including phenoxy) is 2. The maximum Gasteiger partial charge on any atom is 0.326 e. The molecule has 1 aromatic carbocycles. The molecule has 1 aliphatic heterocycles. The van der Waals surface area contributed by atoms with E-state index in [1.807, 2.05) is 37.3 Å². The third-order valence-electron chi connectivity index (χ3n) is 5.46. The number of carbonyl (C=O) groups excluding carboxylic acids is 2. The summed E-state index contributed by atoms with van der Waals surface area (Å²) in [6.45, 7) is 8.70. The lowest BCUT2D eigenvalue weighted by molar-refractivity contribution is -0.147. The number of pyridine rings is 1. The number of aryl methyl sites for hydroxylation is 1. The number of aliphatic imine (C=N–C) groups is 1. The van der Waals surface area contributed by atoms with Crippen LogP contribution in [0, 0.1) is 12.8 Å². The average Bonchev–Trinajstić information content (AvgIpc) is 3.35. The van der Waals surface area contributed by atoms with Crippen LogP contribution in [0.25, 0.3) is 17.1 Å². The van der Waals surface area contributed by atoms with Crippen molar-refractivity contribution in [2.45, 2.75) is 40.3 Å². The summed E-state index contributed by atoms with van der Waals surface area (Å²) in [6.07, 6.45) is 5.02. The molecule has 0 saturated carbocycles. The Hall–Kier alpha value is -3.78. The van der Waals surface area contributed by atoms with Crippen LogP contribution in [-0.4, -0.2) is 40.3 Å². The molecular weight excluding hydrogens is 432 g/mol. The van der Waals surface area contributed by atoms with E-state index in [2.05, 4.69) is 34.1 Å². The Balaban J connectivity index is 1.68. The number of ketones is 1. The number of Topliss-reactive ketones (excluding diaryl/α,β-unsaturated/α-hetero) is 1. The zero-order valence-corrected chi connectivity index (χ0v) is 19.7. The number of aromatic amines is 1. The van der Waals surface area contributed by atoms with Crippen molar-refractivity contribution < 1.29 is 19.1 Å². The number of fused-ring (bicyclic) bond motifs is 1. The summed E-state index contributed by atoms with van der Waals surface area (Å²) in [6, 6.07) is 9.94. The van der Waals surface area contributed by atoms with Gasteiger partial charge in [-0.1, -0.05) is 26.0 Å². The van der Waals surface area contributed by atoms with E-state index >= 15 is 0 Å². The first-order chi connectivity index (χ1) is 16.4. The molecule has 1 atom stereocenters. The highest BCUT2D eigenvalue weighted by atomic mass is 16.5. The Morgan fingerprint density at radius 3 is 2.91 bits per heavy atom. The molecule has 3 heterocycles. The lowest BCUT2D eigenvalue weighted by Crippen LogP contribution is -2.27. The van der Waals surface area contributed by atoms with Gasteiger partial charge in [0.2, 0.25) is 11.7 Å². The van der Waals surface area contributed by atoms with Gasteiger partial charge in [-0.05, 0) is 49.2 Å². The molecule has 2 N–H and O–H groups in total. The number of rotatable bonds is 7. The molecular formula is C26H28N4O4. The Labute approximate surface area is 198 Å². The van der Waals surface area contributed by atoms with Crippen molar-refractivity contribution >= 4 is 40.4 Å². The van der Waals surface area contributed by atoms with Gasteiger partial charge < -0.3 is 19.8 Å². The minimum absolute atomic E-state index is 0.0174. The molecule has 3 aromatic rings. The molecule has 8 nitrogen and oxygen atoms in total. The third kappa shape index (κ3) is 4.92. The molecule has 0 amide bonds. The average molecular weight is 461 g/mol. The van der Waals surface area contributed by atoms with Gasteiger partial charge in [-0.2, -0.15) is 0 Å². The molecule has 34 heavy (non-hydrogen) atoms. The minimum atomic E-state index is -1.24. The first-order valence-corrected chi connectivity index (χ1v) is 11.3. The second kappa shape index (κ2) is 10.0. The van der Waals surface area contributed by atoms with Gasteiger partial charge in [0.05, 0.1) is 12.3 Å². The predicted molar refractivity (Wildman–Crippen MR) is 131 cm³/mol. The lowest BCUT2D eigenvalue weighted by atomic mass is 10.0. The highest BCUT2D eigenvalue weighted by molar-refractivity contribution is 6.27. The van der Waals surface area contributed by atoms with Crippen LogP contribution in [0.3, 0.4) is 0 Å². The van der Waals surface area contributed by atoms with Crippen LogP contribution in [0.1, 0.15) is 37.5 Å². The smallest absolute Gasteiger partial charge is 0.326 e. The van der Waals surface area contributed by atoms with Gasteiger partial charge in [-0.25, -0.2) is 9.98 Å². The van der Waals surface area contributed by atoms with Gasteiger partial charge in [0.25, 0.3) is 0 Å². The number of aromatic nitrogens is 2. The molecule has 8 heteroatoms. The first-order valence-electron chi connectivity index (χ1n) is 11.3. The molecule has 176 valence electrons. The quantitative estimate of drug-likeness (QED) is 0.311. The SMILES string of the molecule is CCOC(=O)C1C(=O)/C(=C/c2c[nH]c3ncccc23)OC1=Nc1ccc(CNC(C)C)cc1C. The summed E-state index contributed by atoms with van der Waals surface area (Å²) in [5.41, 5.74) is 4.08. The summed E-state index contributed by atoms with van der Waals surface area (Å²) in [4.78, 5) is 37.7. The van der Waals surface area contributed by atoms with Gasteiger partial charge in [0.15, 0.2) is 11.7 Å². The number of H-pyrrole nitrogens is 1. The number of benzene rings is 1. The minimum Gasteiger partial charge on any atom is -0.465 e. The zero-order valence-electron chi connectivity index (χ0n) is 19.7. The second-order valence-electron chi connectivity index (χ2n) is 8.41. The van der Waals surface area contributed by atoms with Gasteiger partial charge >= 0.3 is 5.97 Å². The Kier molecular flexibility index (Phi) is 6.88. The number of hydrogen-bond acceptors (Lipinski definition) is 7. The zero-order chi connectivity index (χ0) is 24.2. The maximum absolute atomic E-state index is 13.2. The largest absolute Gasteiger partial charge is 0.465 e. The Morgan fingerprint density at radius 2 is 2.18 bits per heavy atom. The van der Waals surface area contributed by atoms with Crippen LogP contribution in [-0.2, 0) is 25.6 Å². The van der Waals surface area contributed by atoms with E-state index in [1.54, 1.807) is 25.4 Å². The van der Waals surface area contributed by atoms with Crippen molar-refractivity contribution in [3.05, 3.63) is 65.2 Å². The van der Waals surface area contributed by atoms with E-state index in [0.29, 0.717) is 17.4 Å². The molecule has 1 saturated heterocycles. The molecule has 1 aliphatic rings. The molecule has 2 aromatic heterocycles. The van der Waals surface area contributed by atoms with Gasteiger partial charge in [0.1, 0.15) is 5.65 Å². The van der Waals surface area contributed by atoms with Crippen molar-refractivity contribution in [2.24, 2.45) is 10.9 Å². The van der Waals surface area contributed by atoms with E-state index in [9.17, 15) is 9.59 Å². The van der Waals surface area contributed by atoms with Crippen LogP contribution in [0.15, 0.2) is 53.5 Å².